The molecule has 21 heavy (non-hydrogen) atoms. The lowest BCUT2D eigenvalue weighted by molar-refractivity contribution is 0.135. The molecule has 0 heterocycles. The maximum atomic E-state index is 6.22. The third-order valence-electron chi connectivity index (χ3n) is 6.08. The van der Waals surface area contributed by atoms with E-state index >= 15 is 0 Å². The minimum absolute atomic E-state index is 0.582. The molecule has 0 aromatic rings. The van der Waals surface area contributed by atoms with Gasteiger partial charge in [-0.2, -0.15) is 0 Å². The van der Waals surface area contributed by atoms with Gasteiger partial charge in [-0.15, -0.1) is 0 Å². The zero-order valence-electron chi connectivity index (χ0n) is 14.7. The van der Waals surface area contributed by atoms with Crippen molar-refractivity contribution in [1.29, 1.82) is 0 Å². The molecule has 0 aliphatic heterocycles. The summed E-state index contributed by atoms with van der Waals surface area (Å²) in [6.07, 6.45) is 11.3. The molecule has 0 spiro atoms. The fourth-order valence-electron chi connectivity index (χ4n) is 5.16. The van der Waals surface area contributed by atoms with Gasteiger partial charge in [0.15, 0.2) is 0 Å². The predicted octanol–water partition coefficient (Wildman–Crippen LogP) is 5.06. The molecule has 2 fully saturated rings. The van der Waals surface area contributed by atoms with E-state index in [-0.39, 0.29) is 0 Å². The molecule has 2 aliphatic rings. The van der Waals surface area contributed by atoms with Crippen LogP contribution in [-0.4, -0.2) is 22.5 Å². The summed E-state index contributed by atoms with van der Waals surface area (Å²) in [6, 6.07) is 0. The fraction of sp³-hybridized carbons (Fsp3) is 1.00. The van der Waals surface area contributed by atoms with Gasteiger partial charge in [-0.05, 0) is 63.2 Å². The average Bonchev–Trinajstić information content (AvgIpc) is 3.07. The summed E-state index contributed by atoms with van der Waals surface area (Å²) >= 11 is 0. The molecular weight excluding hydrogens is 276 g/mol. The second-order valence-corrected chi connectivity index (χ2v) is 9.56. The quantitative estimate of drug-likeness (QED) is 0.525. The Hall–Kier alpha value is 0.137. The van der Waals surface area contributed by atoms with E-state index in [4.69, 9.17) is 8.85 Å². The van der Waals surface area contributed by atoms with Crippen LogP contribution in [0.4, 0.5) is 0 Å². The summed E-state index contributed by atoms with van der Waals surface area (Å²) in [7, 11) is -1.56. The second kappa shape index (κ2) is 8.12. The van der Waals surface area contributed by atoms with Crippen LogP contribution >= 0.6 is 0 Å². The number of hydrogen-bond donors (Lipinski definition) is 0. The highest BCUT2D eigenvalue weighted by atomic mass is 28.3. The first-order chi connectivity index (χ1) is 10.2. The molecule has 2 saturated carbocycles. The Kier molecular flexibility index (Phi) is 6.76. The molecule has 0 aromatic carbocycles. The summed E-state index contributed by atoms with van der Waals surface area (Å²) in [4.78, 5) is 0. The Bertz CT molecular complexity index is 294. The van der Waals surface area contributed by atoms with E-state index in [2.05, 4.69) is 27.7 Å². The third-order valence-corrected chi connectivity index (χ3v) is 9.36. The van der Waals surface area contributed by atoms with Crippen LogP contribution in [0.2, 0.25) is 5.54 Å². The number of hydrogen-bond acceptors (Lipinski definition) is 2. The first kappa shape index (κ1) is 17.5. The summed E-state index contributed by atoms with van der Waals surface area (Å²) in [5, 5.41) is 0. The van der Waals surface area contributed by atoms with Gasteiger partial charge in [0, 0.05) is 18.8 Å². The van der Waals surface area contributed by atoms with Crippen molar-refractivity contribution in [3.05, 3.63) is 0 Å². The summed E-state index contributed by atoms with van der Waals surface area (Å²) in [5.74, 6) is 1.79. The molecule has 0 amide bonds. The van der Waals surface area contributed by atoms with Crippen LogP contribution in [0.5, 0.6) is 0 Å². The third kappa shape index (κ3) is 3.91. The SMILES string of the molecule is CCCCC(C)C([SiH](OCC)OCC)C12CCC(CC1)C2. The van der Waals surface area contributed by atoms with Gasteiger partial charge in [0.2, 0.25) is 0 Å². The highest BCUT2D eigenvalue weighted by Gasteiger charge is 2.54. The van der Waals surface area contributed by atoms with Crippen LogP contribution in [0.3, 0.4) is 0 Å². The highest BCUT2D eigenvalue weighted by Crippen LogP contribution is 2.63. The van der Waals surface area contributed by atoms with Gasteiger partial charge >= 0.3 is 9.28 Å². The molecule has 2 unspecified atom stereocenters. The van der Waals surface area contributed by atoms with Crippen molar-refractivity contribution < 1.29 is 8.85 Å². The van der Waals surface area contributed by atoms with E-state index in [0.717, 1.165) is 30.6 Å². The number of rotatable bonds is 10. The molecule has 2 nitrogen and oxygen atoms in total. The molecule has 2 aliphatic carbocycles. The van der Waals surface area contributed by atoms with Gasteiger partial charge in [0.05, 0.1) is 0 Å². The van der Waals surface area contributed by atoms with E-state index in [1.54, 1.807) is 0 Å². The number of fused-ring (bicyclic) bond motifs is 2. The molecule has 2 rings (SSSR count). The zero-order chi connectivity index (χ0) is 15.3. The molecule has 3 heteroatoms. The summed E-state index contributed by atoms with van der Waals surface area (Å²) < 4.78 is 12.4. The van der Waals surface area contributed by atoms with Crippen molar-refractivity contribution in [2.75, 3.05) is 13.2 Å². The number of unbranched alkanes of at least 4 members (excludes halogenated alkanes) is 1. The Labute approximate surface area is 133 Å². The van der Waals surface area contributed by atoms with Crippen molar-refractivity contribution in [2.45, 2.75) is 84.6 Å². The predicted molar refractivity (Wildman–Crippen MR) is 91.8 cm³/mol. The summed E-state index contributed by atoms with van der Waals surface area (Å²) in [6.45, 7) is 10.7. The standard InChI is InChI=1S/C18H36O2Si/c1-5-8-9-15(4)17(21(19-6-2)20-7-3)18-12-10-16(14-18)11-13-18/h15-17,21H,5-14H2,1-4H3. The van der Waals surface area contributed by atoms with Gasteiger partial charge in [-0.1, -0.05) is 33.1 Å². The molecule has 0 aromatic heterocycles. The van der Waals surface area contributed by atoms with E-state index in [0.29, 0.717) is 5.41 Å². The maximum absolute atomic E-state index is 6.22. The van der Waals surface area contributed by atoms with E-state index in [1.807, 2.05) is 0 Å². The Morgan fingerprint density at radius 3 is 2.14 bits per heavy atom. The molecule has 124 valence electrons. The zero-order valence-corrected chi connectivity index (χ0v) is 15.9. The van der Waals surface area contributed by atoms with Gasteiger partial charge in [0.1, 0.15) is 0 Å². The van der Waals surface area contributed by atoms with Crippen molar-refractivity contribution in [3.63, 3.8) is 0 Å². The van der Waals surface area contributed by atoms with Gasteiger partial charge in [-0.25, -0.2) is 0 Å². The fourth-order valence-corrected chi connectivity index (χ4v) is 8.10. The molecule has 2 bridgehead atoms. The topological polar surface area (TPSA) is 18.5 Å². The van der Waals surface area contributed by atoms with Gasteiger partial charge in [-0.3, -0.25) is 0 Å². The van der Waals surface area contributed by atoms with Crippen molar-refractivity contribution in [3.8, 4) is 0 Å². The lowest BCUT2D eigenvalue weighted by Crippen LogP contribution is -2.42. The van der Waals surface area contributed by atoms with Crippen LogP contribution in [0, 0.1) is 17.3 Å². The van der Waals surface area contributed by atoms with Crippen LogP contribution in [0.1, 0.15) is 79.1 Å². The summed E-state index contributed by atoms with van der Waals surface area (Å²) in [5.41, 5.74) is 1.32. The maximum Gasteiger partial charge on any atom is 0.325 e. The van der Waals surface area contributed by atoms with Crippen molar-refractivity contribution >= 4 is 9.28 Å². The molecule has 0 saturated heterocycles. The monoisotopic (exact) mass is 312 g/mol. The Balaban J connectivity index is 2.16. The first-order valence-electron chi connectivity index (χ1n) is 9.40. The van der Waals surface area contributed by atoms with E-state index < -0.39 is 9.28 Å². The molecule has 0 radical (unpaired) electrons. The van der Waals surface area contributed by atoms with Crippen LogP contribution < -0.4 is 0 Å². The Morgan fingerprint density at radius 2 is 1.71 bits per heavy atom. The van der Waals surface area contributed by atoms with Gasteiger partial charge < -0.3 is 8.85 Å². The normalized spacial score (nSPS) is 31.0. The second-order valence-electron chi connectivity index (χ2n) is 7.43. The largest absolute Gasteiger partial charge is 0.397 e. The average molecular weight is 313 g/mol. The smallest absolute Gasteiger partial charge is 0.325 e. The van der Waals surface area contributed by atoms with Crippen LogP contribution in [-0.2, 0) is 8.85 Å². The highest BCUT2D eigenvalue weighted by molar-refractivity contribution is 6.46. The van der Waals surface area contributed by atoms with E-state index in [1.165, 1.54) is 51.4 Å². The van der Waals surface area contributed by atoms with Crippen LogP contribution in [0.25, 0.3) is 0 Å². The minimum atomic E-state index is -1.56. The molecular formula is C18H36O2Si. The minimum Gasteiger partial charge on any atom is -0.397 e. The van der Waals surface area contributed by atoms with Crippen LogP contribution in [0.15, 0.2) is 0 Å². The van der Waals surface area contributed by atoms with Crippen molar-refractivity contribution in [1.82, 2.24) is 0 Å². The van der Waals surface area contributed by atoms with Gasteiger partial charge in [0.25, 0.3) is 0 Å². The lowest BCUT2D eigenvalue weighted by atomic mass is 9.75. The van der Waals surface area contributed by atoms with E-state index in [9.17, 15) is 0 Å². The Morgan fingerprint density at radius 1 is 1.10 bits per heavy atom. The lowest BCUT2D eigenvalue weighted by Gasteiger charge is -2.42. The van der Waals surface area contributed by atoms with Crippen molar-refractivity contribution in [2.24, 2.45) is 17.3 Å². The molecule has 0 N–H and O–H groups in total. The molecule has 2 atom stereocenters. The first-order valence-corrected chi connectivity index (χ1v) is 11.0.